The van der Waals surface area contributed by atoms with Crippen molar-refractivity contribution in [1.82, 2.24) is 0 Å². The third-order valence-corrected chi connectivity index (χ3v) is 3.96. The van der Waals surface area contributed by atoms with Gasteiger partial charge in [0.2, 0.25) is 0 Å². The summed E-state index contributed by atoms with van der Waals surface area (Å²) < 4.78 is 5.79. The molecule has 2 nitrogen and oxygen atoms in total. The summed E-state index contributed by atoms with van der Waals surface area (Å²) in [6.07, 6.45) is 0. The van der Waals surface area contributed by atoms with Crippen LogP contribution in [0, 0.1) is 6.92 Å². The van der Waals surface area contributed by atoms with Crippen molar-refractivity contribution in [1.29, 1.82) is 0 Å². The van der Waals surface area contributed by atoms with Crippen LogP contribution in [0.5, 0.6) is 0 Å². The molecule has 0 N–H and O–H groups in total. The van der Waals surface area contributed by atoms with Gasteiger partial charge in [0.15, 0.2) is 0 Å². The molecule has 2 aromatic rings. The van der Waals surface area contributed by atoms with E-state index < -0.39 is 0 Å². The van der Waals surface area contributed by atoms with Gasteiger partial charge in [-0.2, -0.15) is 0 Å². The lowest BCUT2D eigenvalue weighted by molar-refractivity contribution is 0.0601. The molecule has 19 heavy (non-hydrogen) atoms. The second kappa shape index (κ2) is 6.19. The van der Waals surface area contributed by atoms with Gasteiger partial charge in [-0.3, -0.25) is 0 Å². The van der Waals surface area contributed by atoms with Crippen LogP contribution in [0.15, 0.2) is 42.5 Å². The molecule has 2 rings (SSSR count). The second-order valence-corrected chi connectivity index (χ2v) is 5.08. The number of benzene rings is 2. The maximum Gasteiger partial charge on any atom is 0.338 e. The van der Waals surface area contributed by atoms with Gasteiger partial charge in [0.25, 0.3) is 0 Å². The zero-order valence-corrected chi connectivity index (χ0v) is 13.1. The van der Waals surface area contributed by atoms with Crippen LogP contribution in [0.3, 0.4) is 0 Å². The summed E-state index contributed by atoms with van der Waals surface area (Å²) in [5.74, 6) is -0.293. The Balaban J connectivity index is 2.65. The number of methoxy groups -OCH3 is 1. The molecule has 0 unspecified atom stereocenters. The SMILES string of the molecule is COC(=O)c1ccc(CI)cc1-c1ccccc1C. The Kier molecular flexibility index (Phi) is 4.58. The molecule has 0 radical (unpaired) electrons. The zero-order chi connectivity index (χ0) is 13.8. The maximum absolute atomic E-state index is 11.9. The van der Waals surface area contributed by atoms with Gasteiger partial charge in [-0.1, -0.05) is 52.9 Å². The predicted octanol–water partition coefficient (Wildman–Crippen LogP) is 4.38. The molecule has 0 atom stereocenters. The normalized spacial score (nSPS) is 10.3. The molecular weight excluding hydrogens is 351 g/mol. The van der Waals surface area contributed by atoms with Crippen LogP contribution in [-0.4, -0.2) is 13.1 Å². The van der Waals surface area contributed by atoms with Crippen LogP contribution in [0.25, 0.3) is 11.1 Å². The first-order chi connectivity index (χ1) is 9.17. The number of halogens is 1. The summed E-state index contributed by atoms with van der Waals surface area (Å²) in [5, 5.41) is 0. The minimum atomic E-state index is -0.293. The lowest BCUT2D eigenvalue weighted by Crippen LogP contribution is -2.04. The third kappa shape index (κ3) is 2.97. The van der Waals surface area contributed by atoms with Crippen LogP contribution in [0.1, 0.15) is 21.5 Å². The Hall–Kier alpha value is -1.36. The molecule has 0 aliphatic heterocycles. The number of aryl methyl sites for hydroxylation is 1. The van der Waals surface area contributed by atoms with Crippen LogP contribution in [0.4, 0.5) is 0 Å². The Morgan fingerprint density at radius 3 is 2.53 bits per heavy atom. The van der Waals surface area contributed by atoms with E-state index in [1.54, 1.807) is 0 Å². The van der Waals surface area contributed by atoms with Crippen molar-refractivity contribution in [3.63, 3.8) is 0 Å². The van der Waals surface area contributed by atoms with E-state index in [1.807, 2.05) is 43.3 Å². The van der Waals surface area contributed by atoms with E-state index in [0.29, 0.717) is 5.56 Å². The van der Waals surface area contributed by atoms with Crippen LogP contribution in [-0.2, 0) is 9.16 Å². The van der Waals surface area contributed by atoms with Gasteiger partial charge in [-0.05, 0) is 41.3 Å². The molecule has 0 saturated heterocycles. The van der Waals surface area contributed by atoms with Crippen LogP contribution >= 0.6 is 22.6 Å². The summed E-state index contributed by atoms with van der Waals surface area (Å²) in [6.45, 7) is 2.05. The fourth-order valence-electron chi connectivity index (χ4n) is 2.06. The first-order valence-corrected chi connectivity index (χ1v) is 7.53. The molecule has 0 spiro atoms. The standard InChI is InChI=1S/C16H15IO2/c1-11-5-3-4-6-13(11)15-9-12(10-17)7-8-14(15)16(18)19-2/h3-9H,10H2,1-2H3. The van der Waals surface area contributed by atoms with E-state index in [4.69, 9.17) is 4.74 Å². The van der Waals surface area contributed by atoms with Gasteiger partial charge in [-0.15, -0.1) is 0 Å². The van der Waals surface area contributed by atoms with E-state index >= 15 is 0 Å². The molecule has 98 valence electrons. The summed E-state index contributed by atoms with van der Waals surface area (Å²) in [7, 11) is 1.41. The second-order valence-electron chi connectivity index (χ2n) is 4.32. The number of hydrogen-bond donors (Lipinski definition) is 0. The van der Waals surface area contributed by atoms with E-state index in [9.17, 15) is 4.79 Å². The number of rotatable bonds is 3. The lowest BCUT2D eigenvalue weighted by Gasteiger charge is -2.12. The Morgan fingerprint density at radius 2 is 1.89 bits per heavy atom. The Bertz CT molecular complexity index is 605. The highest BCUT2D eigenvalue weighted by Crippen LogP contribution is 2.29. The molecule has 0 aliphatic carbocycles. The fraction of sp³-hybridized carbons (Fsp3) is 0.188. The first kappa shape index (κ1) is 14.1. The molecular formula is C16H15IO2. The first-order valence-electron chi connectivity index (χ1n) is 6.00. The van der Waals surface area contributed by atoms with Gasteiger partial charge in [-0.25, -0.2) is 4.79 Å². The maximum atomic E-state index is 11.9. The lowest BCUT2D eigenvalue weighted by atomic mass is 9.94. The fourth-order valence-corrected chi connectivity index (χ4v) is 2.53. The highest BCUT2D eigenvalue weighted by molar-refractivity contribution is 14.1. The van der Waals surface area contributed by atoms with Gasteiger partial charge >= 0.3 is 5.97 Å². The van der Waals surface area contributed by atoms with E-state index in [2.05, 4.69) is 28.7 Å². The molecule has 0 heterocycles. The van der Waals surface area contributed by atoms with Gasteiger partial charge in [0.05, 0.1) is 12.7 Å². The van der Waals surface area contributed by atoms with Crippen molar-refractivity contribution in [2.75, 3.05) is 7.11 Å². The topological polar surface area (TPSA) is 26.3 Å². The van der Waals surface area contributed by atoms with E-state index in [-0.39, 0.29) is 5.97 Å². The number of esters is 1. The monoisotopic (exact) mass is 366 g/mol. The molecule has 2 aromatic carbocycles. The van der Waals surface area contributed by atoms with Crippen LogP contribution < -0.4 is 0 Å². The number of hydrogen-bond acceptors (Lipinski definition) is 2. The van der Waals surface area contributed by atoms with Gasteiger partial charge in [0, 0.05) is 4.43 Å². The van der Waals surface area contributed by atoms with Gasteiger partial charge in [0.1, 0.15) is 0 Å². The largest absolute Gasteiger partial charge is 0.465 e. The minimum Gasteiger partial charge on any atom is -0.465 e. The summed E-state index contributed by atoms with van der Waals surface area (Å²) >= 11 is 2.32. The van der Waals surface area contributed by atoms with Crippen molar-refractivity contribution >= 4 is 28.6 Å². The number of carbonyl (C=O) groups excluding carboxylic acids is 1. The van der Waals surface area contributed by atoms with Crippen molar-refractivity contribution in [3.05, 3.63) is 59.2 Å². The van der Waals surface area contributed by atoms with E-state index in [1.165, 1.54) is 12.7 Å². The molecule has 0 aromatic heterocycles. The minimum absolute atomic E-state index is 0.293. The van der Waals surface area contributed by atoms with Crippen LogP contribution in [0.2, 0.25) is 0 Å². The predicted molar refractivity (Wildman–Crippen MR) is 85.7 cm³/mol. The van der Waals surface area contributed by atoms with Crippen molar-refractivity contribution in [2.45, 2.75) is 11.4 Å². The summed E-state index contributed by atoms with van der Waals surface area (Å²) in [4.78, 5) is 11.9. The molecule has 0 bridgehead atoms. The van der Waals surface area contributed by atoms with Crippen molar-refractivity contribution in [2.24, 2.45) is 0 Å². The quantitative estimate of drug-likeness (QED) is 0.458. The third-order valence-electron chi connectivity index (χ3n) is 3.08. The molecule has 0 saturated carbocycles. The summed E-state index contributed by atoms with van der Waals surface area (Å²) in [5.41, 5.74) is 4.99. The Morgan fingerprint density at radius 1 is 1.16 bits per heavy atom. The zero-order valence-electron chi connectivity index (χ0n) is 10.9. The average Bonchev–Trinajstić information content (AvgIpc) is 2.46. The molecule has 0 amide bonds. The Labute approximate surface area is 126 Å². The highest BCUT2D eigenvalue weighted by Gasteiger charge is 2.14. The average molecular weight is 366 g/mol. The van der Waals surface area contributed by atoms with E-state index in [0.717, 1.165) is 21.1 Å². The molecule has 0 aliphatic rings. The molecule has 3 heteroatoms. The van der Waals surface area contributed by atoms with Crippen molar-refractivity contribution < 1.29 is 9.53 Å². The smallest absolute Gasteiger partial charge is 0.338 e. The highest BCUT2D eigenvalue weighted by atomic mass is 127. The summed E-state index contributed by atoms with van der Waals surface area (Å²) in [6, 6.07) is 14.0. The number of carbonyl (C=O) groups is 1. The van der Waals surface area contributed by atoms with Crippen molar-refractivity contribution in [3.8, 4) is 11.1 Å². The number of alkyl halides is 1. The molecule has 0 fully saturated rings. The number of ether oxygens (including phenoxy) is 1. The van der Waals surface area contributed by atoms with Gasteiger partial charge < -0.3 is 4.74 Å².